The number of pyridine rings is 1. The van der Waals surface area contributed by atoms with Crippen molar-refractivity contribution in [1.29, 1.82) is 0 Å². The van der Waals surface area contributed by atoms with Gasteiger partial charge in [-0.1, -0.05) is 13.8 Å². The molecule has 0 bridgehead atoms. The molecule has 0 amide bonds. The van der Waals surface area contributed by atoms with Crippen molar-refractivity contribution in [1.82, 2.24) is 10.3 Å². The molecule has 1 aliphatic rings. The summed E-state index contributed by atoms with van der Waals surface area (Å²) in [5.41, 5.74) is 0. The predicted octanol–water partition coefficient (Wildman–Crippen LogP) is 2.44. The number of halogens is 1. The zero-order valence-electron chi connectivity index (χ0n) is 11.2. The molecule has 0 aliphatic carbocycles. The number of nitrogens with one attached hydrogen (secondary N) is 1. The van der Waals surface area contributed by atoms with Gasteiger partial charge in [0.1, 0.15) is 0 Å². The highest BCUT2D eigenvalue weighted by atomic mass is 19.1. The Labute approximate surface area is 108 Å². The van der Waals surface area contributed by atoms with E-state index in [1.54, 1.807) is 12.3 Å². The molecule has 1 fully saturated rings. The van der Waals surface area contributed by atoms with Crippen molar-refractivity contribution in [3.05, 3.63) is 24.1 Å². The molecule has 0 aromatic carbocycles. The first kappa shape index (κ1) is 13.3. The van der Waals surface area contributed by atoms with Crippen LogP contribution in [-0.2, 0) is 0 Å². The van der Waals surface area contributed by atoms with Crippen LogP contribution in [0.5, 0.6) is 0 Å². The zero-order chi connectivity index (χ0) is 13.0. The van der Waals surface area contributed by atoms with Crippen LogP contribution in [0, 0.1) is 11.7 Å². The summed E-state index contributed by atoms with van der Waals surface area (Å²) in [7, 11) is 0. The summed E-state index contributed by atoms with van der Waals surface area (Å²) in [6.45, 7) is 7.20. The Hall–Kier alpha value is -1.16. The molecule has 1 saturated heterocycles. The van der Waals surface area contributed by atoms with E-state index in [1.807, 2.05) is 0 Å². The summed E-state index contributed by atoms with van der Waals surface area (Å²) in [5.74, 6) is 0.999. The third kappa shape index (κ3) is 3.42. The first-order valence-corrected chi connectivity index (χ1v) is 6.75. The maximum Gasteiger partial charge on any atom is 0.165 e. The Morgan fingerprint density at radius 3 is 2.78 bits per heavy atom. The fourth-order valence-electron chi connectivity index (χ4n) is 2.36. The molecule has 0 atom stereocenters. The van der Waals surface area contributed by atoms with Crippen LogP contribution >= 0.6 is 0 Å². The third-order valence-corrected chi connectivity index (χ3v) is 3.47. The van der Waals surface area contributed by atoms with Crippen molar-refractivity contribution in [2.24, 2.45) is 5.92 Å². The number of piperidine rings is 1. The minimum atomic E-state index is -0.212. The lowest BCUT2D eigenvalue weighted by atomic mass is 9.96. The van der Waals surface area contributed by atoms with Gasteiger partial charge in [-0.05, 0) is 37.4 Å². The second kappa shape index (κ2) is 6.14. The van der Waals surface area contributed by atoms with Crippen LogP contribution in [0.4, 0.5) is 10.2 Å². The number of nitrogens with zero attached hydrogens (tertiary/aromatic N) is 2. The Balaban J connectivity index is 1.85. The molecule has 1 aromatic rings. The fraction of sp³-hybridized carbons (Fsp3) is 0.643. The molecular weight excluding hydrogens is 229 g/mol. The monoisotopic (exact) mass is 251 g/mol. The molecule has 0 saturated carbocycles. The van der Waals surface area contributed by atoms with Gasteiger partial charge in [0.25, 0.3) is 0 Å². The van der Waals surface area contributed by atoms with Crippen LogP contribution < -0.4 is 10.2 Å². The molecule has 2 heterocycles. The van der Waals surface area contributed by atoms with Crippen LogP contribution in [0.25, 0.3) is 0 Å². The van der Waals surface area contributed by atoms with E-state index in [4.69, 9.17) is 0 Å². The van der Waals surface area contributed by atoms with Crippen LogP contribution in [0.15, 0.2) is 18.3 Å². The molecule has 1 aromatic heterocycles. The number of hydrogen-bond acceptors (Lipinski definition) is 3. The van der Waals surface area contributed by atoms with Crippen molar-refractivity contribution in [2.75, 3.05) is 24.5 Å². The van der Waals surface area contributed by atoms with E-state index in [9.17, 15) is 4.39 Å². The second-order valence-electron chi connectivity index (χ2n) is 5.30. The Bertz CT molecular complexity index is 373. The highest BCUT2D eigenvalue weighted by molar-refractivity contribution is 5.39. The summed E-state index contributed by atoms with van der Waals surface area (Å²) in [5, 5.41) is 3.47. The van der Waals surface area contributed by atoms with Gasteiger partial charge in [-0.3, -0.25) is 0 Å². The molecule has 18 heavy (non-hydrogen) atoms. The topological polar surface area (TPSA) is 28.2 Å². The van der Waals surface area contributed by atoms with Crippen LogP contribution in [-0.4, -0.2) is 30.7 Å². The van der Waals surface area contributed by atoms with Gasteiger partial charge in [-0.2, -0.15) is 0 Å². The Morgan fingerprint density at radius 2 is 2.17 bits per heavy atom. The van der Waals surface area contributed by atoms with E-state index in [2.05, 4.69) is 29.0 Å². The van der Waals surface area contributed by atoms with Gasteiger partial charge < -0.3 is 10.2 Å². The van der Waals surface area contributed by atoms with Crippen molar-refractivity contribution >= 4 is 5.82 Å². The maximum absolute atomic E-state index is 13.6. The van der Waals surface area contributed by atoms with Gasteiger partial charge in [0.2, 0.25) is 0 Å². The lowest BCUT2D eigenvalue weighted by Gasteiger charge is -2.33. The lowest BCUT2D eigenvalue weighted by Crippen LogP contribution is -2.39. The molecule has 0 spiro atoms. The van der Waals surface area contributed by atoms with Gasteiger partial charge >= 0.3 is 0 Å². The molecular formula is C14H22FN3. The SMILES string of the molecule is CC(C)NCC1CCN(c2ncccc2F)CC1. The van der Waals surface area contributed by atoms with Gasteiger partial charge in [-0.25, -0.2) is 9.37 Å². The van der Waals surface area contributed by atoms with E-state index < -0.39 is 0 Å². The summed E-state index contributed by atoms with van der Waals surface area (Å²) in [6.07, 6.45) is 3.87. The quantitative estimate of drug-likeness (QED) is 0.891. The first-order valence-electron chi connectivity index (χ1n) is 6.75. The van der Waals surface area contributed by atoms with Crippen molar-refractivity contribution < 1.29 is 4.39 Å². The van der Waals surface area contributed by atoms with Crippen LogP contribution in [0.3, 0.4) is 0 Å². The highest BCUT2D eigenvalue weighted by Gasteiger charge is 2.21. The molecule has 2 rings (SSSR count). The number of rotatable bonds is 4. The van der Waals surface area contributed by atoms with E-state index in [1.165, 1.54) is 6.07 Å². The average Bonchev–Trinajstić information content (AvgIpc) is 2.38. The molecule has 0 unspecified atom stereocenters. The minimum Gasteiger partial charge on any atom is -0.354 e. The largest absolute Gasteiger partial charge is 0.354 e. The molecule has 0 radical (unpaired) electrons. The number of hydrogen-bond donors (Lipinski definition) is 1. The molecule has 1 aliphatic heterocycles. The van der Waals surface area contributed by atoms with E-state index >= 15 is 0 Å². The van der Waals surface area contributed by atoms with Crippen molar-refractivity contribution in [3.63, 3.8) is 0 Å². The summed E-state index contributed by atoms with van der Waals surface area (Å²) in [4.78, 5) is 6.19. The van der Waals surface area contributed by atoms with Crippen molar-refractivity contribution in [3.8, 4) is 0 Å². The molecule has 1 N–H and O–H groups in total. The second-order valence-corrected chi connectivity index (χ2v) is 5.30. The normalized spacial score (nSPS) is 17.4. The molecule has 4 heteroatoms. The maximum atomic E-state index is 13.6. The van der Waals surface area contributed by atoms with Crippen LogP contribution in [0.1, 0.15) is 26.7 Å². The van der Waals surface area contributed by atoms with Crippen LogP contribution in [0.2, 0.25) is 0 Å². The molecule has 3 nitrogen and oxygen atoms in total. The van der Waals surface area contributed by atoms with E-state index in [-0.39, 0.29) is 5.82 Å². The smallest absolute Gasteiger partial charge is 0.165 e. The Morgan fingerprint density at radius 1 is 1.44 bits per heavy atom. The van der Waals surface area contributed by atoms with Gasteiger partial charge in [0.15, 0.2) is 11.6 Å². The van der Waals surface area contributed by atoms with Gasteiger partial charge in [0.05, 0.1) is 0 Å². The lowest BCUT2D eigenvalue weighted by molar-refractivity contribution is 0.368. The van der Waals surface area contributed by atoms with E-state index in [0.717, 1.165) is 32.5 Å². The highest BCUT2D eigenvalue weighted by Crippen LogP contribution is 2.23. The van der Waals surface area contributed by atoms with E-state index in [0.29, 0.717) is 17.8 Å². The summed E-state index contributed by atoms with van der Waals surface area (Å²) >= 11 is 0. The summed E-state index contributed by atoms with van der Waals surface area (Å²) < 4.78 is 13.6. The Kier molecular flexibility index (Phi) is 4.53. The molecule has 100 valence electrons. The standard InChI is InChI=1S/C14H22FN3/c1-11(2)17-10-12-5-8-18(9-6-12)14-13(15)4-3-7-16-14/h3-4,7,11-12,17H,5-6,8-10H2,1-2H3. The zero-order valence-corrected chi connectivity index (χ0v) is 11.2. The van der Waals surface area contributed by atoms with Gasteiger partial charge in [0, 0.05) is 25.3 Å². The van der Waals surface area contributed by atoms with Gasteiger partial charge in [-0.15, -0.1) is 0 Å². The number of aromatic nitrogens is 1. The number of anilines is 1. The first-order chi connectivity index (χ1) is 8.66. The summed E-state index contributed by atoms with van der Waals surface area (Å²) in [6, 6.07) is 3.66. The average molecular weight is 251 g/mol. The fourth-order valence-corrected chi connectivity index (χ4v) is 2.36. The minimum absolute atomic E-state index is 0.212. The predicted molar refractivity (Wildman–Crippen MR) is 72.3 cm³/mol. The van der Waals surface area contributed by atoms with Crippen molar-refractivity contribution in [2.45, 2.75) is 32.7 Å². The third-order valence-electron chi connectivity index (χ3n) is 3.47.